The third-order valence-electron chi connectivity index (χ3n) is 0.552. The molecule has 0 saturated heterocycles. The van der Waals surface area contributed by atoms with Crippen molar-refractivity contribution in [2.24, 2.45) is 5.73 Å². The summed E-state index contributed by atoms with van der Waals surface area (Å²) in [5.41, 5.74) is 3.26. The smallest absolute Gasteiger partial charge is 0.352 e. The van der Waals surface area contributed by atoms with Crippen LogP contribution < -0.4 is 11.1 Å². The van der Waals surface area contributed by atoms with Gasteiger partial charge in [0.2, 0.25) is 5.50 Å². The molecule has 0 spiro atoms. The Morgan fingerprint density at radius 1 is 1.60 bits per heavy atom. The first kappa shape index (κ1) is 9.32. The summed E-state index contributed by atoms with van der Waals surface area (Å²) < 4.78 is 3.64. The Morgan fingerprint density at radius 2 is 2.10 bits per heavy atom. The topological polar surface area (TPSA) is 81.4 Å². The standard InChI is InChI=1S/C3H4Cl2N2O3/c4-1(2(8)10-5)7-3(6)9/h1H,(H3,6,7,9). The van der Waals surface area contributed by atoms with E-state index in [0.29, 0.717) is 0 Å². The third kappa shape index (κ3) is 3.37. The van der Waals surface area contributed by atoms with Gasteiger partial charge < -0.3 is 15.3 Å². The minimum Gasteiger partial charge on any atom is -0.352 e. The van der Waals surface area contributed by atoms with Crippen LogP contribution in [0.5, 0.6) is 0 Å². The molecule has 2 amide bonds. The number of nitrogens with one attached hydrogen (secondary N) is 1. The monoisotopic (exact) mass is 186 g/mol. The third-order valence-corrected chi connectivity index (χ3v) is 0.991. The number of urea groups is 1. The summed E-state index contributed by atoms with van der Waals surface area (Å²) in [6.07, 6.45) is 0. The van der Waals surface area contributed by atoms with Crippen LogP contribution in [0.3, 0.4) is 0 Å². The maximum absolute atomic E-state index is 10.3. The summed E-state index contributed by atoms with van der Waals surface area (Å²) >= 11 is 9.76. The molecule has 0 fully saturated rings. The first-order valence-corrected chi connectivity index (χ1v) is 2.85. The fourth-order valence-electron chi connectivity index (χ4n) is 0.223. The lowest BCUT2D eigenvalue weighted by atomic mass is 10.6. The van der Waals surface area contributed by atoms with E-state index in [1.807, 2.05) is 5.32 Å². The van der Waals surface area contributed by atoms with E-state index in [1.54, 1.807) is 0 Å². The molecule has 5 nitrogen and oxygen atoms in total. The van der Waals surface area contributed by atoms with Gasteiger partial charge in [-0.05, 0) is 0 Å². The molecular formula is C3H4Cl2N2O3. The Morgan fingerprint density at radius 3 is 2.40 bits per heavy atom. The Labute approximate surface area is 66.6 Å². The molecular weight excluding hydrogens is 183 g/mol. The molecule has 0 saturated carbocycles. The molecule has 0 aromatic heterocycles. The lowest BCUT2D eigenvalue weighted by Crippen LogP contribution is -2.40. The number of rotatable bonds is 2. The van der Waals surface area contributed by atoms with Gasteiger partial charge in [0.1, 0.15) is 11.9 Å². The molecule has 3 N–H and O–H groups in total. The molecule has 10 heavy (non-hydrogen) atoms. The maximum Gasteiger partial charge on any atom is 0.362 e. The van der Waals surface area contributed by atoms with Crippen LogP contribution in [-0.4, -0.2) is 17.5 Å². The van der Waals surface area contributed by atoms with Crippen molar-refractivity contribution in [2.75, 3.05) is 0 Å². The van der Waals surface area contributed by atoms with E-state index in [2.05, 4.69) is 21.9 Å². The van der Waals surface area contributed by atoms with Crippen LogP contribution in [0.2, 0.25) is 0 Å². The average Bonchev–Trinajstić information content (AvgIpc) is 1.85. The molecule has 1 atom stereocenters. The van der Waals surface area contributed by atoms with E-state index in [4.69, 9.17) is 11.6 Å². The van der Waals surface area contributed by atoms with Crippen molar-refractivity contribution in [3.8, 4) is 0 Å². The number of hydrogen-bond acceptors (Lipinski definition) is 3. The van der Waals surface area contributed by atoms with Gasteiger partial charge in [0.25, 0.3) is 0 Å². The Kier molecular flexibility index (Phi) is 3.90. The molecule has 0 heterocycles. The van der Waals surface area contributed by atoms with Gasteiger partial charge in [0, 0.05) is 0 Å². The van der Waals surface area contributed by atoms with Crippen molar-refractivity contribution in [1.29, 1.82) is 0 Å². The maximum atomic E-state index is 10.3. The van der Waals surface area contributed by atoms with Gasteiger partial charge in [0.05, 0.1) is 0 Å². The summed E-state index contributed by atoms with van der Waals surface area (Å²) in [7, 11) is 0. The van der Waals surface area contributed by atoms with Crippen molar-refractivity contribution in [3.63, 3.8) is 0 Å². The molecule has 0 aliphatic heterocycles. The number of carbonyl (C=O) groups is 2. The average molecular weight is 187 g/mol. The molecule has 0 aromatic rings. The highest BCUT2D eigenvalue weighted by atomic mass is 35.5. The number of primary amides is 1. The summed E-state index contributed by atoms with van der Waals surface area (Å²) in [6.45, 7) is 0. The fraction of sp³-hybridized carbons (Fsp3) is 0.333. The van der Waals surface area contributed by atoms with Crippen molar-refractivity contribution >= 4 is 35.5 Å². The summed E-state index contributed by atoms with van der Waals surface area (Å²) in [5.74, 6) is -0.984. The van der Waals surface area contributed by atoms with Gasteiger partial charge in [-0.2, -0.15) is 0 Å². The fourth-order valence-corrected chi connectivity index (χ4v) is 0.510. The van der Waals surface area contributed by atoms with E-state index >= 15 is 0 Å². The van der Waals surface area contributed by atoms with E-state index in [0.717, 1.165) is 0 Å². The summed E-state index contributed by atoms with van der Waals surface area (Å²) in [4.78, 5) is 20.3. The van der Waals surface area contributed by atoms with Crippen molar-refractivity contribution in [3.05, 3.63) is 0 Å². The molecule has 0 radical (unpaired) electrons. The highest BCUT2D eigenvalue weighted by Gasteiger charge is 2.17. The molecule has 0 aliphatic rings. The quantitative estimate of drug-likeness (QED) is 0.468. The predicted molar refractivity (Wildman–Crippen MR) is 34.3 cm³/mol. The molecule has 58 valence electrons. The molecule has 0 aromatic carbocycles. The van der Waals surface area contributed by atoms with Crippen LogP contribution in [-0.2, 0) is 9.08 Å². The Bertz CT molecular complexity index is 151. The number of amides is 2. The van der Waals surface area contributed by atoms with Crippen LogP contribution in [0.25, 0.3) is 0 Å². The number of hydrogen-bond donors (Lipinski definition) is 2. The van der Waals surface area contributed by atoms with Crippen molar-refractivity contribution in [2.45, 2.75) is 5.50 Å². The molecule has 1 unspecified atom stereocenters. The SMILES string of the molecule is NC(=O)NC(Cl)C(=O)OCl. The predicted octanol–water partition coefficient (Wildman–Crippen LogP) is -0.0834. The second-order valence-corrected chi connectivity index (χ2v) is 1.86. The second-order valence-electron chi connectivity index (χ2n) is 1.27. The van der Waals surface area contributed by atoms with Crippen LogP contribution in [0.15, 0.2) is 0 Å². The zero-order chi connectivity index (χ0) is 8.15. The highest BCUT2D eigenvalue weighted by molar-refractivity contribution is 6.32. The van der Waals surface area contributed by atoms with Gasteiger partial charge >= 0.3 is 12.0 Å². The lowest BCUT2D eigenvalue weighted by molar-refractivity contribution is -0.133. The Hall–Kier alpha value is -0.680. The summed E-state index contributed by atoms with van der Waals surface area (Å²) in [5, 5.41) is 1.84. The van der Waals surface area contributed by atoms with Crippen LogP contribution in [0.4, 0.5) is 4.79 Å². The van der Waals surface area contributed by atoms with E-state index in [-0.39, 0.29) is 0 Å². The molecule has 0 bridgehead atoms. The van der Waals surface area contributed by atoms with E-state index < -0.39 is 17.5 Å². The van der Waals surface area contributed by atoms with E-state index in [9.17, 15) is 9.59 Å². The Balaban J connectivity index is 3.72. The minimum atomic E-state index is -1.34. The zero-order valence-electron chi connectivity index (χ0n) is 4.64. The van der Waals surface area contributed by atoms with Gasteiger partial charge in [-0.1, -0.05) is 11.6 Å². The van der Waals surface area contributed by atoms with Crippen molar-refractivity contribution < 1.29 is 13.9 Å². The van der Waals surface area contributed by atoms with Gasteiger partial charge in [-0.3, -0.25) is 0 Å². The molecule has 0 aliphatic carbocycles. The highest BCUT2D eigenvalue weighted by Crippen LogP contribution is 1.95. The van der Waals surface area contributed by atoms with Gasteiger partial charge in [0.15, 0.2) is 0 Å². The number of nitrogens with two attached hydrogens (primary N) is 1. The zero-order valence-corrected chi connectivity index (χ0v) is 6.15. The first-order valence-electron chi connectivity index (χ1n) is 2.10. The number of carbonyl (C=O) groups excluding carboxylic acids is 2. The first-order chi connectivity index (χ1) is 4.57. The van der Waals surface area contributed by atoms with Gasteiger partial charge in [-0.15, -0.1) is 0 Å². The van der Waals surface area contributed by atoms with Crippen LogP contribution in [0.1, 0.15) is 0 Å². The number of halogens is 2. The van der Waals surface area contributed by atoms with Gasteiger partial charge in [-0.25, -0.2) is 9.59 Å². The van der Waals surface area contributed by atoms with Crippen molar-refractivity contribution in [1.82, 2.24) is 5.32 Å². The molecule has 0 rings (SSSR count). The summed E-state index contributed by atoms with van der Waals surface area (Å²) in [6, 6.07) is -0.929. The second kappa shape index (κ2) is 4.19. The molecule has 7 heteroatoms. The minimum absolute atomic E-state index is 0.929. The largest absolute Gasteiger partial charge is 0.362 e. The lowest BCUT2D eigenvalue weighted by Gasteiger charge is -2.03. The van der Waals surface area contributed by atoms with Crippen LogP contribution in [0, 0.1) is 0 Å². The normalized spacial score (nSPS) is 11.8. The number of alkyl halides is 1. The van der Waals surface area contributed by atoms with E-state index in [1.165, 1.54) is 0 Å². The van der Waals surface area contributed by atoms with Crippen LogP contribution >= 0.6 is 23.5 Å².